The molecule has 0 fully saturated rings. The van der Waals surface area contributed by atoms with E-state index < -0.39 is 0 Å². The molecule has 3 aromatic rings. The zero-order chi connectivity index (χ0) is 19.1. The van der Waals surface area contributed by atoms with Crippen molar-refractivity contribution in [2.45, 2.75) is 18.7 Å². The van der Waals surface area contributed by atoms with E-state index >= 15 is 0 Å². The minimum absolute atomic E-state index is 0.0473. The van der Waals surface area contributed by atoms with Gasteiger partial charge in [0, 0.05) is 17.5 Å². The second-order valence-corrected chi connectivity index (χ2v) is 6.75. The summed E-state index contributed by atoms with van der Waals surface area (Å²) >= 11 is 0. The lowest BCUT2D eigenvalue weighted by Crippen LogP contribution is -2.33. The molecule has 0 amide bonds. The van der Waals surface area contributed by atoms with Crippen molar-refractivity contribution >= 4 is 5.71 Å². The summed E-state index contributed by atoms with van der Waals surface area (Å²) in [5.74, 6) is 3.08. The lowest BCUT2D eigenvalue weighted by Gasteiger charge is -2.38. The van der Waals surface area contributed by atoms with Crippen LogP contribution in [0.3, 0.4) is 0 Å². The molecule has 142 valence electrons. The molecule has 0 bridgehead atoms. The summed E-state index contributed by atoms with van der Waals surface area (Å²) in [4.78, 5) is 0. The minimum Gasteiger partial charge on any atom is -0.497 e. The summed E-state index contributed by atoms with van der Waals surface area (Å²) in [6, 6.07) is 17.7. The molecule has 28 heavy (non-hydrogen) atoms. The number of hydrogen-bond acceptors (Lipinski definition) is 6. The van der Waals surface area contributed by atoms with Crippen LogP contribution in [0, 0.1) is 0 Å². The number of furan rings is 1. The molecular weight excluding hydrogens is 356 g/mol. The maximum absolute atomic E-state index is 6.42. The van der Waals surface area contributed by atoms with E-state index in [1.165, 1.54) is 0 Å². The van der Waals surface area contributed by atoms with Gasteiger partial charge in [-0.25, -0.2) is 5.01 Å². The molecule has 2 aliphatic rings. The number of methoxy groups -OCH3 is 2. The van der Waals surface area contributed by atoms with Gasteiger partial charge in [-0.05, 0) is 42.5 Å². The van der Waals surface area contributed by atoms with Crippen molar-refractivity contribution in [3.05, 3.63) is 77.7 Å². The fraction of sp³-hybridized carbons (Fsp3) is 0.227. The summed E-state index contributed by atoms with van der Waals surface area (Å²) in [6.45, 7) is 0. The van der Waals surface area contributed by atoms with Crippen LogP contribution in [0.15, 0.2) is 70.4 Å². The summed E-state index contributed by atoms with van der Waals surface area (Å²) < 4.78 is 22.9. The van der Waals surface area contributed by atoms with Crippen LogP contribution in [0.25, 0.3) is 0 Å². The number of hydrazone groups is 1. The van der Waals surface area contributed by atoms with E-state index in [9.17, 15) is 0 Å². The molecule has 5 rings (SSSR count). The number of benzene rings is 2. The van der Waals surface area contributed by atoms with Gasteiger partial charge in [0.05, 0.1) is 26.5 Å². The van der Waals surface area contributed by atoms with Crippen molar-refractivity contribution in [1.82, 2.24) is 5.01 Å². The molecular formula is C22H20N2O4. The maximum Gasteiger partial charge on any atom is 0.214 e. The van der Waals surface area contributed by atoms with Crippen molar-refractivity contribution in [2.24, 2.45) is 5.10 Å². The smallest absolute Gasteiger partial charge is 0.214 e. The summed E-state index contributed by atoms with van der Waals surface area (Å²) in [5, 5.41) is 6.88. The van der Waals surface area contributed by atoms with Crippen LogP contribution in [-0.2, 0) is 0 Å². The largest absolute Gasteiger partial charge is 0.497 e. The Morgan fingerprint density at radius 3 is 2.57 bits per heavy atom. The van der Waals surface area contributed by atoms with Gasteiger partial charge in [-0.15, -0.1) is 0 Å². The normalized spacial score (nSPS) is 20.1. The van der Waals surface area contributed by atoms with E-state index in [1.807, 2.05) is 53.5 Å². The molecule has 0 aliphatic carbocycles. The molecule has 2 aliphatic heterocycles. The highest BCUT2D eigenvalue weighted by atomic mass is 16.5. The Hall–Kier alpha value is -3.41. The van der Waals surface area contributed by atoms with Gasteiger partial charge in [0.15, 0.2) is 11.5 Å². The Kier molecular flexibility index (Phi) is 3.97. The van der Waals surface area contributed by atoms with Gasteiger partial charge in [0.25, 0.3) is 0 Å². The second-order valence-electron chi connectivity index (χ2n) is 6.75. The van der Waals surface area contributed by atoms with Crippen molar-refractivity contribution in [1.29, 1.82) is 0 Å². The molecule has 1 aromatic heterocycles. The van der Waals surface area contributed by atoms with Crippen LogP contribution >= 0.6 is 0 Å². The van der Waals surface area contributed by atoms with Gasteiger partial charge in [-0.2, -0.15) is 5.10 Å². The first-order valence-corrected chi connectivity index (χ1v) is 9.15. The number of fused-ring (bicyclic) bond motifs is 3. The monoisotopic (exact) mass is 376 g/mol. The van der Waals surface area contributed by atoms with Gasteiger partial charge in [-0.1, -0.05) is 12.1 Å². The van der Waals surface area contributed by atoms with Crippen LogP contribution in [-0.4, -0.2) is 24.9 Å². The van der Waals surface area contributed by atoms with E-state index in [0.29, 0.717) is 0 Å². The van der Waals surface area contributed by atoms with E-state index in [4.69, 9.17) is 23.7 Å². The lowest BCUT2D eigenvalue weighted by molar-refractivity contribution is -0.0209. The maximum atomic E-state index is 6.42. The average Bonchev–Trinajstić information content (AvgIpc) is 3.42. The highest BCUT2D eigenvalue weighted by molar-refractivity contribution is 5.99. The number of rotatable bonds is 4. The third-order valence-corrected chi connectivity index (χ3v) is 5.21. The van der Waals surface area contributed by atoms with E-state index in [1.54, 1.807) is 20.5 Å². The average molecular weight is 376 g/mol. The first kappa shape index (κ1) is 16.7. The van der Waals surface area contributed by atoms with Crippen molar-refractivity contribution in [2.75, 3.05) is 14.2 Å². The van der Waals surface area contributed by atoms with Gasteiger partial charge >= 0.3 is 0 Å². The molecule has 3 heterocycles. The molecule has 2 aromatic carbocycles. The quantitative estimate of drug-likeness (QED) is 0.669. The molecule has 2 atom stereocenters. The van der Waals surface area contributed by atoms with Crippen LogP contribution < -0.4 is 14.2 Å². The van der Waals surface area contributed by atoms with Crippen LogP contribution in [0.2, 0.25) is 0 Å². The fourth-order valence-electron chi connectivity index (χ4n) is 3.82. The molecule has 0 radical (unpaired) electrons. The zero-order valence-electron chi connectivity index (χ0n) is 15.7. The third-order valence-electron chi connectivity index (χ3n) is 5.21. The highest BCUT2D eigenvalue weighted by Crippen LogP contribution is 2.50. The van der Waals surface area contributed by atoms with Crippen LogP contribution in [0.1, 0.15) is 35.6 Å². The van der Waals surface area contributed by atoms with E-state index in [2.05, 4.69) is 6.07 Å². The first-order chi connectivity index (χ1) is 13.8. The number of para-hydroxylation sites is 1. The molecule has 0 saturated carbocycles. The molecule has 0 N–H and O–H groups in total. The molecule has 6 heteroatoms. The Morgan fingerprint density at radius 1 is 1.00 bits per heavy atom. The fourth-order valence-corrected chi connectivity index (χ4v) is 3.82. The Morgan fingerprint density at radius 2 is 1.86 bits per heavy atom. The van der Waals surface area contributed by atoms with Crippen LogP contribution in [0.5, 0.6) is 17.2 Å². The van der Waals surface area contributed by atoms with Gasteiger partial charge in [0.2, 0.25) is 6.23 Å². The summed E-state index contributed by atoms with van der Waals surface area (Å²) in [7, 11) is 3.32. The first-order valence-electron chi connectivity index (χ1n) is 9.15. The minimum atomic E-state index is -0.368. The molecule has 6 nitrogen and oxygen atoms in total. The van der Waals surface area contributed by atoms with Crippen molar-refractivity contribution in [3.63, 3.8) is 0 Å². The Balaban J connectivity index is 1.61. The number of nitrogens with zero attached hydrogens (tertiary/aromatic N) is 2. The predicted octanol–water partition coefficient (Wildman–Crippen LogP) is 4.54. The molecule has 0 saturated heterocycles. The van der Waals surface area contributed by atoms with Crippen molar-refractivity contribution < 1.29 is 18.6 Å². The predicted molar refractivity (Wildman–Crippen MR) is 104 cm³/mol. The SMILES string of the molecule is COc1ccc([C@H]2Oc3c(OC)cccc3[C@H]3CC(c4ccco4)=NN32)cc1. The molecule has 0 spiro atoms. The van der Waals surface area contributed by atoms with Gasteiger partial charge in [0.1, 0.15) is 17.2 Å². The van der Waals surface area contributed by atoms with Crippen LogP contribution in [0.4, 0.5) is 0 Å². The number of hydrogen-bond donors (Lipinski definition) is 0. The van der Waals surface area contributed by atoms with Gasteiger partial charge in [-0.3, -0.25) is 0 Å². The standard InChI is InChI=1S/C22H20N2O4/c1-25-15-10-8-14(9-11-15)22-24-18(13-17(23-24)19-7-4-12-27-19)16-5-3-6-20(26-2)21(16)28-22/h3-12,18,22H,13H2,1-2H3/t18-,22-/m1/s1. The second kappa shape index (κ2) is 6.64. The zero-order valence-corrected chi connectivity index (χ0v) is 15.7. The third kappa shape index (κ3) is 2.60. The number of ether oxygens (including phenoxy) is 3. The lowest BCUT2D eigenvalue weighted by atomic mass is 9.97. The van der Waals surface area contributed by atoms with E-state index in [0.717, 1.165) is 46.3 Å². The van der Waals surface area contributed by atoms with Crippen molar-refractivity contribution in [3.8, 4) is 17.2 Å². The Labute approximate surface area is 162 Å². The summed E-state index contributed by atoms with van der Waals surface area (Å²) in [5.41, 5.74) is 2.97. The summed E-state index contributed by atoms with van der Waals surface area (Å²) in [6.07, 6.45) is 2.04. The van der Waals surface area contributed by atoms with E-state index in [-0.39, 0.29) is 12.3 Å². The topological polar surface area (TPSA) is 56.4 Å². The highest BCUT2D eigenvalue weighted by Gasteiger charge is 2.42. The molecule has 0 unspecified atom stereocenters. The van der Waals surface area contributed by atoms with Gasteiger partial charge < -0.3 is 18.6 Å². The Bertz CT molecular complexity index is 1010.